The van der Waals surface area contributed by atoms with Gasteiger partial charge in [-0.25, -0.2) is 18.5 Å². The van der Waals surface area contributed by atoms with E-state index >= 15 is 0 Å². The van der Waals surface area contributed by atoms with Gasteiger partial charge >= 0.3 is 0 Å². The molecule has 0 aliphatic carbocycles. The molecule has 0 bridgehead atoms. The van der Waals surface area contributed by atoms with Gasteiger partial charge in [-0.15, -0.1) is 11.3 Å². The molecule has 0 aliphatic rings. The molecule has 1 unspecified atom stereocenters. The van der Waals surface area contributed by atoms with Gasteiger partial charge < -0.3 is 11.1 Å². The van der Waals surface area contributed by atoms with Gasteiger partial charge in [0.2, 0.25) is 10.0 Å². The first-order chi connectivity index (χ1) is 9.27. The fourth-order valence-corrected chi connectivity index (χ4v) is 3.23. The number of nitrogen functional groups attached to an aromatic ring is 1. The molecule has 1 heterocycles. The van der Waals surface area contributed by atoms with E-state index in [2.05, 4.69) is 10.3 Å². The number of sulfonamides is 1. The van der Waals surface area contributed by atoms with Crippen molar-refractivity contribution in [1.82, 2.24) is 4.98 Å². The minimum Gasteiger partial charge on any atom is -0.398 e. The van der Waals surface area contributed by atoms with Crippen LogP contribution in [0.1, 0.15) is 23.7 Å². The predicted octanol–water partition coefficient (Wildman–Crippen LogP) is 1.85. The number of rotatable bonds is 4. The van der Waals surface area contributed by atoms with Crippen molar-refractivity contribution >= 4 is 32.7 Å². The average Bonchev–Trinajstić information content (AvgIpc) is 2.74. The third kappa shape index (κ3) is 3.27. The molecule has 2 aromatic rings. The highest BCUT2D eigenvalue weighted by atomic mass is 32.2. The molecule has 1 aromatic heterocycles. The number of anilines is 2. The Bertz CT molecular complexity index is 725. The summed E-state index contributed by atoms with van der Waals surface area (Å²) in [5, 5.41) is 11.2. The van der Waals surface area contributed by atoms with Crippen LogP contribution in [0.3, 0.4) is 0 Å². The predicted molar refractivity (Wildman–Crippen MR) is 81.1 cm³/mol. The lowest BCUT2D eigenvalue weighted by atomic mass is 10.2. The number of nitrogens with two attached hydrogens (primary N) is 2. The largest absolute Gasteiger partial charge is 0.398 e. The minimum atomic E-state index is -3.79. The zero-order chi connectivity index (χ0) is 14.9. The van der Waals surface area contributed by atoms with Crippen molar-refractivity contribution in [2.45, 2.75) is 24.8 Å². The van der Waals surface area contributed by atoms with Crippen LogP contribution < -0.4 is 16.2 Å². The summed E-state index contributed by atoms with van der Waals surface area (Å²) in [4.78, 5) is 4.33. The first-order valence-corrected chi connectivity index (χ1v) is 8.31. The number of primary sulfonamides is 1. The molecule has 0 radical (unpaired) electrons. The number of nitrogens with zero attached hydrogens (tertiary/aromatic N) is 1. The monoisotopic (exact) mass is 312 g/mol. The Labute approximate surface area is 121 Å². The lowest BCUT2D eigenvalue weighted by Gasteiger charge is -2.14. The summed E-state index contributed by atoms with van der Waals surface area (Å²) in [6, 6.07) is 4.59. The van der Waals surface area contributed by atoms with Gasteiger partial charge in [0.1, 0.15) is 9.90 Å². The van der Waals surface area contributed by atoms with Gasteiger partial charge in [0.15, 0.2) is 0 Å². The zero-order valence-corrected chi connectivity index (χ0v) is 12.8. The number of aromatic nitrogens is 1. The van der Waals surface area contributed by atoms with E-state index in [1.165, 1.54) is 6.07 Å². The van der Waals surface area contributed by atoms with Crippen molar-refractivity contribution < 1.29 is 8.42 Å². The van der Waals surface area contributed by atoms with Crippen molar-refractivity contribution in [2.75, 3.05) is 11.1 Å². The van der Waals surface area contributed by atoms with Crippen LogP contribution in [0, 0.1) is 6.92 Å². The molecule has 108 valence electrons. The minimum absolute atomic E-state index is 0.00781. The van der Waals surface area contributed by atoms with Gasteiger partial charge in [0.25, 0.3) is 0 Å². The summed E-state index contributed by atoms with van der Waals surface area (Å²) in [7, 11) is -3.79. The van der Waals surface area contributed by atoms with E-state index in [1.807, 2.05) is 19.2 Å². The number of benzene rings is 1. The summed E-state index contributed by atoms with van der Waals surface area (Å²) >= 11 is 1.57. The summed E-state index contributed by atoms with van der Waals surface area (Å²) in [5.41, 5.74) is 7.53. The second-order valence-corrected chi connectivity index (χ2v) is 6.91. The molecule has 6 nitrogen and oxygen atoms in total. The Kier molecular flexibility index (Phi) is 3.98. The van der Waals surface area contributed by atoms with Gasteiger partial charge in [0.05, 0.1) is 11.7 Å². The van der Waals surface area contributed by atoms with Crippen LogP contribution >= 0.6 is 11.3 Å². The van der Waals surface area contributed by atoms with E-state index in [0.29, 0.717) is 0 Å². The van der Waals surface area contributed by atoms with Crippen LogP contribution in [0.15, 0.2) is 28.5 Å². The highest BCUT2D eigenvalue weighted by Crippen LogP contribution is 2.26. The van der Waals surface area contributed by atoms with Gasteiger partial charge in [-0.05, 0) is 32.0 Å². The fourth-order valence-electron chi connectivity index (χ4n) is 1.78. The summed E-state index contributed by atoms with van der Waals surface area (Å²) < 4.78 is 22.6. The van der Waals surface area contributed by atoms with Crippen molar-refractivity contribution in [1.29, 1.82) is 0 Å². The second kappa shape index (κ2) is 5.39. The van der Waals surface area contributed by atoms with Crippen LogP contribution in [0.25, 0.3) is 0 Å². The van der Waals surface area contributed by atoms with Crippen LogP contribution in [-0.2, 0) is 10.0 Å². The molecule has 0 amide bonds. The molecule has 2 rings (SSSR count). The van der Waals surface area contributed by atoms with E-state index < -0.39 is 10.0 Å². The van der Waals surface area contributed by atoms with E-state index in [1.54, 1.807) is 23.5 Å². The van der Waals surface area contributed by atoms with E-state index in [4.69, 9.17) is 10.9 Å². The number of hydrogen-bond donors (Lipinski definition) is 3. The maximum absolute atomic E-state index is 11.3. The van der Waals surface area contributed by atoms with Crippen LogP contribution in [0.4, 0.5) is 11.4 Å². The molecule has 8 heteroatoms. The molecular weight excluding hydrogens is 296 g/mol. The van der Waals surface area contributed by atoms with Crippen molar-refractivity contribution in [3.8, 4) is 0 Å². The Morgan fingerprint density at radius 3 is 2.60 bits per heavy atom. The van der Waals surface area contributed by atoms with E-state index in [0.717, 1.165) is 16.4 Å². The quantitative estimate of drug-likeness (QED) is 0.746. The van der Waals surface area contributed by atoms with E-state index in [-0.39, 0.29) is 16.6 Å². The fraction of sp³-hybridized carbons (Fsp3) is 0.250. The van der Waals surface area contributed by atoms with Crippen molar-refractivity contribution in [3.63, 3.8) is 0 Å². The van der Waals surface area contributed by atoms with Crippen molar-refractivity contribution in [2.24, 2.45) is 5.14 Å². The normalized spacial score (nSPS) is 13.2. The molecular formula is C12H16N4O2S2. The summed E-state index contributed by atoms with van der Waals surface area (Å²) in [6.45, 7) is 3.91. The summed E-state index contributed by atoms with van der Waals surface area (Å²) in [5.74, 6) is 0. The zero-order valence-electron chi connectivity index (χ0n) is 11.1. The third-order valence-electron chi connectivity index (χ3n) is 2.71. The summed E-state index contributed by atoms with van der Waals surface area (Å²) in [6.07, 6.45) is 0. The average molecular weight is 312 g/mol. The molecule has 0 spiro atoms. The third-order valence-corrected chi connectivity index (χ3v) is 4.84. The lowest BCUT2D eigenvalue weighted by Crippen LogP contribution is -2.14. The molecule has 1 atom stereocenters. The SMILES string of the molecule is Cc1csc(C(C)Nc2ccc(S(N)(=O)=O)c(N)c2)n1. The molecule has 0 aliphatic heterocycles. The Morgan fingerprint density at radius 1 is 1.40 bits per heavy atom. The smallest absolute Gasteiger partial charge is 0.240 e. The molecule has 20 heavy (non-hydrogen) atoms. The molecule has 5 N–H and O–H groups in total. The maximum Gasteiger partial charge on any atom is 0.240 e. The molecule has 0 saturated carbocycles. The first-order valence-electron chi connectivity index (χ1n) is 5.88. The Morgan fingerprint density at radius 2 is 2.10 bits per heavy atom. The van der Waals surface area contributed by atoms with Crippen LogP contribution in [0.2, 0.25) is 0 Å². The standard InChI is InChI=1S/C12H16N4O2S2/c1-7-6-19-12(15-7)8(2)16-9-3-4-11(10(13)5-9)20(14,17)18/h3-6,8,16H,13H2,1-2H3,(H2,14,17,18). The maximum atomic E-state index is 11.3. The number of hydrogen-bond acceptors (Lipinski definition) is 6. The highest BCUT2D eigenvalue weighted by molar-refractivity contribution is 7.89. The van der Waals surface area contributed by atoms with E-state index in [9.17, 15) is 8.42 Å². The number of aryl methyl sites for hydroxylation is 1. The second-order valence-electron chi connectivity index (χ2n) is 4.49. The van der Waals surface area contributed by atoms with Crippen LogP contribution in [-0.4, -0.2) is 13.4 Å². The van der Waals surface area contributed by atoms with Gasteiger partial charge in [0, 0.05) is 16.8 Å². The topological polar surface area (TPSA) is 111 Å². The molecule has 0 fully saturated rings. The highest BCUT2D eigenvalue weighted by Gasteiger charge is 2.14. The lowest BCUT2D eigenvalue weighted by molar-refractivity contribution is 0.598. The van der Waals surface area contributed by atoms with Gasteiger partial charge in [-0.3, -0.25) is 0 Å². The van der Waals surface area contributed by atoms with Gasteiger partial charge in [-0.2, -0.15) is 0 Å². The Balaban J connectivity index is 2.21. The Hall–Kier alpha value is -1.64. The van der Waals surface area contributed by atoms with Crippen LogP contribution in [0.5, 0.6) is 0 Å². The number of thiazole rings is 1. The molecule has 0 saturated heterocycles. The van der Waals surface area contributed by atoms with Crippen molar-refractivity contribution in [3.05, 3.63) is 34.3 Å². The van der Waals surface area contributed by atoms with Gasteiger partial charge in [-0.1, -0.05) is 0 Å². The molecule has 1 aromatic carbocycles. The first kappa shape index (κ1) is 14.8. The number of nitrogens with one attached hydrogen (secondary N) is 1.